The lowest BCUT2D eigenvalue weighted by molar-refractivity contribution is 0.630. The van der Waals surface area contributed by atoms with E-state index < -0.39 is 15.5 Å². The molecule has 7 nitrogen and oxygen atoms in total. The van der Waals surface area contributed by atoms with E-state index in [9.17, 15) is 8.60 Å². The van der Waals surface area contributed by atoms with Crippen molar-refractivity contribution in [2.75, 3.05) is 18.9 Å². The molecule has 2 N–H and O–H groups in total. The van der Waals surface area contributed by atoms with E-state index in [2.05, 4.69) is 20.6 Å². The molecule has 0 radical (unpaired) electrons. The molecule has 1 aromatic carbocycles. The highest BCUT2D eigenvalue weighted by molar-refractivity contribution is 8.00. The number of aromatic nitrogens is 3. The summed E-state index contributed by atoms with van der Waals surface area (Å²) in [5.41, 5.74) is 2.18. The zero-order valence-electron chi connectivity index (χ0n) is 18.5. The molecule has 0 aliphatic heterocycles. The Balaban J connectivity index is 1.83. The molecule has 0 spiro atoms. The van der Waals surface area contributed by atoms with Crippen molar-refractivity contribution in [2.45, 2.75) is 11.4 Å². The van der Waals surface area contributed by atoms with Crippen LogP contribution in [-0.4, -0.2) is 37.1 Å². The minimum Gasteiger partial charge on any atom is -0.366 e. The fourth-order valence-electron chi connectivity index (χ4n) is 3.52. The molecule has 34 heavy (non-hydrogen) atoms. The summed E-state index contributed by atoms with van der Waals surface area (Å²) in [4.78, 5) is 8.85. The van der Waals surface area contributed by atoms with Crippen molar-refractivity contribution in [3.05, 3.63) is 96.3 Å². The topological polar surface area (TPSA) is 95.6 Å². The van der Waals surface area contributed by atoms with Crippen LogP contribution < -0.4 is 10.6 Å². The molecule has 3 heterocycles. The lowest BCUT2D eigenvalue weighted by Gasteiger charge is -2.18. The van der Waals surface area contributed by atoms with Crippen molar-refractivity contribution in [1.82, 2.24) is 19.3 Å². The molecule has 4 aromatic rings. The highest BCUT2D eigenvalue weighted by atomic mass is 32.2. The second kappa shape index (κ2) is 10.3. The number of anilines is 1. The van der Waals surface area contributed by atoms with Gasteiger partial charge in [-0.1, -0.05) is 12.1 Å². The molecular formula is C25H23FN6OS. The number of nitrogens with one attached hydrogen (secondary N) is 2. The van der Waals surface area contributed by atoms with Crippen LogP contribution in [0.3, 0.4) is 0 Å². The minimum absolute atomic E-state index is 0.211. The van der Waals surface area contributed by atoms with Crippen LogP contribution in [0, 0.1) is 17.1 Å². The zero-order valence-corrected chi connectivity index (χ0v) is 19.3. The van der Waals surface area contributed by atoms with Crippen molar-refractivity contribution in [3.8, 4) is 17.3 Å². The molecule has 0 aliphatic rings. The second-order valence-corrected chi connectivity index (χ2v) is 9.75. The van der Waals surface area contributed by atoms with Crippen LogP contribution in [0.4, 0.5) is 10.2 Å². The number of halogens is 1. The molecule has 1 atom stereocenters. The van der Waals surface area contributed by atoms with Crippen LogP contribution in [0.2, 0.25) is 0 Å². The summed E-state index contributed by atoms with van der Waals surface area (Å²) in [6.07, 6.45) is 6.42. The van der Waals surface area contributed by atoms with Gasteiger partial charge in [0.15, 0.2) is 0 Å². The lowest BCUT2D eigenvalue weighted by Crippen LogP contribution is -2.20. The maximum Gasteiger partial charge on any atom is 0.132 e. The Hall–Kier alpha value is -4.00. The van der Waals surface area contributed by atoms with Gasteiger partial charge in [-0.3, -0.25) is 8.96 Å². The summed E-state index contributed by atoms with van der Waals surface area (Å²) in [6.45, 7) is 0.743. The molecule has 3 aromatic heterocycles. The van der Waals surface area contributed by atoms with Gasteiger partial charge in [0.05, 0.1) is 25.9 Å². The van der Waals surface area contributed by atoms with Gasteiger partial charge in [0, 0.05) is 48.8 Å². The van der Waals surface area contributed by atoms with Crippen LogP contribution in [0.5, 0.6) is 0 Å². The van der Waals surface area contributed by atoms with Crippen LogP contribution in [0.1, 0.15) is 11.1 Å². The van der Waals surface area contributed by atoms with Gasteiger partial charge in [-0.2, -0.15) is 5.26 Å². The first-order chi connectivity index (χ1) is 16.5. The van der Waals surface area contributed by atoms with Crippen LogP contribution >= 0.6 is 0 Å². The summed E-state index contributed by atoms with van der Waals surface area (Å²) in [6, 6.07) is 17.1. The molecule has 0 aliphatic carbocycles. The average Bonchev–Trinajstić information content (AvgIpc) is 3.30. The monoisotopic (exact) mass is 474 g/mol. The first-order valence-electron chi connectivity index (χ1n) is 10.5. The quantitative estimate of drug-likeness (QED) is 0.378. The summed E-state index contributed by atoms with van der Waals surface area (Å²) in [5, 5.41) is 16.8. The highest BCUT2D eigenvalue weighted by Crippen LogP contribution is 2.29. The third-order valence-electron chi connectivity index (χ3n) is 5.12. The number of rotatable bonds is 8. The first-order valence-corrected chi connectivity index (χ1v) is 12.1. The van der Waals surface area contributed by atoms with Crippen molar-refractivity contribution >= 4 is 20.9 Å². The van der Waals surface area contributed by atoms with Gasteiger partial charge in [0.1, 0.15) is 17.7 Å². The van der Waals surface area contributed by atoms with Gasteiger partial charge >= 0.3 is 0 Å². The normalized spacial score (nSPS) is 12.5. The highest BCUT2D eigenvalue weighted by Gasteiger charge is 2.21. The maximum absolute atomic E-state index is 14.8. The van der Waals surface area contributed by atoms with Gasteiger partial charge in [-0.05, 0) is 55.1 Å². The van der Waals surface area contributed by atoms with Crippen molar-refractivity contribution in [3.63, 3.8) is 0 Å². The number of pyridine rings is 2. The number of nitrogens with zero attached hydrogens (tertiary/aromatic N) is 4. The van der Waals surface area contributed by atoms with Gasteiger partial charge in [0.25, 0.3) is 0 Å². The molecular weight excluding hydrogens is 451 g/mol. The maximum atomic E-state index is 14.8. The summed E-state index contributed by atoms with van der Waals surface area (Å²) < 4.78 is 31.0. The van der Waals surface area contributed by atoms with E-state index in [4.69, 9.17) is 5.26 Å². The molecule has 0 saturated carbocycles. The van der Waals surface area contributed by atoms with Crippen molar-refractivity contribution in [1.29, 1.82) is 5.26 Å². The molecule has 0 bridgehead atoms. The lowest BCUT2D eigenvalue weighted by atomic mass is 10.1. The molecule has 4 rings (SSSR count). The third-order valence-corrected chi connectivity index (χ3v) is 7.54. The molecule has 0 saturated heterocycles. The predicted molar refractivity (Wildman–Crippen MR) is 132 cm³/mol. The van der Waals surface area contributed by atoms with E-state index in [-0.39, 0.29) is 6.54 Å². The van der Waals surface area contributed by atoms with Gasteiger partial charge in [0.2, 0.25) is 0 Å². The van der Waals surface area contributed by atoms with Crippen molar-refractivity contribution in [2.24, 2.45) is 0 Å². The van der Waals surface area contributed by atoms with E-state index in [1.54, 1.807) is 70.4 Å². The first kappa shape index (κ1) is 23.2. The second-order valence-electron chi connectivity index (χ2n) is 7.42. The number of benzene rings is 1. The Labute approximate surface area is 198 Å². The van der Waals surface area contributed by atoms with Crippen LogP contribution in [0.15, 0.2) is 84.3 Å². The number of nitriles is 1. The SMILES string of the molecule is CNCc1cc(-c2ccccc2F)n(S(=O)(=CCNc2ccc(C#N)cn2)c2cccnc2)c1. The third kappa shape index (κ3) is 4.83. The van der Waals surface area contributed by atoms with Gasteiger partial charge in [-0.15, -0.1) is 0 Å². The van der Waals surface area contributed by atoms with Crippen LogP contribution in [-0.2, 0) is 16.3 Å². The fraction of sp³-hybridized carbons (Fsp3) is 0.120. The molecule has 0 fully saturated rings. The number of hydrogen-bond donors (Lipinski definition) is 2. The van der Waals surface area contributed by atoms with Gasteiger partial charge < -0.3 is 10.6 Å². The minimum atomic E-state index is -3.03. The Morgan fingerprint density at radius 1 is 1.18 bits per heavy atom. The molecule has 1 unspecified atom stereocenters. The molecule has 9 heteroatoms. The Kier molecular flexibility index (Phi) is 7.01. The predicted octanol–water partition coefficient (Wildman–Crippen LogP) is 3.70. The van der Waals surface area contributed by atoms with Gasteiger partial charge in [-0.25, -0.2) is 13.6 Å². The number of hydrogen-bond acceptors (Lipinski definition) is 6. The molecule has 0 amide bonds. The van der Waals surface area contributed by atoms with E-state index in [0.29, 0.717) is 34.1 Å². The summed E-state index contributed by atoms with van der Waals surface area (Å²) in [5.74, 6) is 0.145. The van der Waals surface area contributed by atoms with E-state index in [1.165, 1.54) is 12.3 Å². The van der Waals surface area contributed by atoms with E-state index in [1.807, 2.05) is 19.2 Å². The Morgan fingerprint density at radius 2 is 2.03 bits per heavy atom. The summed E-state index contributed by atoms with van der Waals surface area (Å²) >= 11 is 0. The standard InChI is InChI=1S/C25H23FN6OS/c1-28-15-20-13-24(22-6-2-3-7-23(22)26)32(18-20)34(33,21-5-4-10-29-17-21)12-11-30-25-9-8-19(14-27)16-31-25/h2-10,12-13,16-18,28H,11,15H2,1H3,(H,30,31). The van der Waals surface area contributed by atoms with Crippen molar-refractivity contribution < 1.29 is 8.60 Å². The summed E-state index contributed by atoms with van der Waals surface area (Å²) in [7, 11) is -1.21. The van der Waals surface area contributed by atoms with E-state index in [0.717, 1.165) is 5.56 Å². The van der Waals surface area contributed by atoms with Crippen LogP contribution in [0.25, 0.3) is 11.3 Å². The zero-order chi connectivity index (χ0) is 24.0. The smallest absolute Gasteiger partial charge is 0.132 e. The Morgan fingerprint density at radius 3 is 2.71 bits per heavy atom. The fourth-order valence-corrected chi connectivity index (χ4v) is 5.63. The average molecular weight is 475 g/mol. The Bertz CT molecular complexity index is 1430. The largest absolute Gasteiger partial charge is 0.366 e. The van der Waals surface area contributed by atoms with E-state index >= 15 is 0 Å². The molecule has 172 valence electrons.